The van der Waals surface area contributed by atoms with Gasteiger partial charge >= 0.3 is 0 Å². The molecule has 0 aliphatic carbocycles. The third-order valence-electron chi connectivity index (χ3n) is 1.98. The summed E-state index contributed by atoms with van der Waals surface area (Å²) in [5.74, 6) is 0. The zero-order chi connectivity index (χ0) is 9.40. The second-order valence-corrected chi connectivity index (χ2v) is 3.53. The van der Waals surface area contributed by atoms with Gasteiger partial charge in [0.15, 0.2) is 0 Å². The molecule has 0 bridgehead atoms. The van der Waals surface area contributed by atoms with Gasteiger partial charge in [-0.3, -0.25) is 0 Å². The van der Waals surface area contributed by atoms with Crippen LogP contribution in [0.1, 0.15) is 46.5 Å². The average Bonchev–Trinajstić information content (AvgIpc) is 2.01. The molecule has 0 aliphatic rings. The van der Waals surface area contributed by atoms with Crippen LogP contribution in [0.15, 0.2) is 0 Å². The molecule has 74 valence electrons. The first-order valence-electron chi connectivity index (χ1n) is 5.12. The average molecular weight is 173 g/mol. The summed E-state index contributed by atoms with van der Waals surface area (Å²) in [7, 11) is 0. The fourth-order valence-electron chi connectivity index (χ4n) is 1.38. The molecule has 2 heteroatoms. The van der Waals surface area contributed by atoms with Gasteiger partial charge in [-0.15, -0.1) is 0 Å². The van der Waals surface area contributed by atoms with Gasteiger partial charge in [0.05, 0.1) is 6.10 Å². The standard InChI is InChI=1S/C10H23NO/c1-4-6-10(7-5-2)11-8-9(3)12/h9-12H,4-8H2,1-3H3/t9-/m1/s1. The smallest absolute Gasteiger partial charge is 0.0636 e. The molecule has 2 N–H and O–H groups in total. The van der Waals surface area contributed by atoms with E-state index in [2.05, 4.69) is 19.2 Å². The fraction of sp³-hybridized carbons (Fsp3) is 1.00. The summed E-state index contributed by atoms with van der Waals surface area (Å²) in [5, 5.41) is 12.4. The first-order chi connectivity index (χ1) is 5.70. The van der Waals surface area contributed by atoms with Crippen molar-refractivity contribution in [3.05, 3.63) is 0 Å². The van der Waals surface area contributed by atoms with Gasteiger partial charge in [0.2, 0.25) is 0 Å². The highest BCUT2D eigenvalue weighted by Gasteiger charge is 2.06. The van der Waals surface area contributed by atoms with E-state index in [0.717, 1.165) is 6.54 Å². The Bertz CT molecular complexity index is 87.8. The number of nitrogens with one attached hydrogen (secondary N) is 1. The third-order valence-corrected chi connectivity index (χ3v) is 1.98. The lowest BCUT2D eigenvalue weighted by atomic mass is 10.1. The van der Waals surface area contributed by atoms with E-state index in [1.165, 1.54) is 25.7 Å². The van der Waals surface area contributed by atoms with Crippen LogP contribution < -0.4 is 5.32 Å². The fourth-order valence-corrected chi connectivity index (χ4v) is 1.38. The predicted molar refractivity (Wildman–Crippen MR) is 53.3 cm³/mol. The highest BCUT2D eigenvalue weighted by molar-refractivity contribution is 4.66. The second kappa shape index (κ2) is 7.56. The molecule has 0 rings (SSSR count). The van der Waals surface area contributed by atoms with Gasteiger partial charge in [-0.1, -0.05) is 26.7 Å². The maximum Gasteiger partial charge on any atom is 0.0636 e. The lowest BCUT2D eigenvalue weighted by molar-refractivity contribution is 0.184. The third kappa shape index (κ3) is 6.62. The number of hydrogen-bond acceptors (Lipinski definition) is 2. The molecular formula is C10H23NO. The maximum atomic E-state index is 9.08. The molecule has 1 atom stereocenters. The highest BCUT2D eigenvalue weighted by Crippen LogP contribution is 2.03. The Morgan fingerprint density at radius 3 is 2.00 bits per heavy atom. The predicted octanol–water partition coefficient (Wildman–Crippen LogP) is 1.93. The molecule has 0 aliphatic heterocycles. The molecule has 0 spiro atoms. The van der Waals surface area contributed by atoms with Gasteiger partial charge in [-0.25, -0.2) is 0 Å². The number of aliphatic hydroxyl groups excluding tert-OH is 1. The summed E-state index contributed by atoms with van der Waals surface area (Å²) in [6.07, 6.45) is 4.66. The summed E-state index contributed by atoms with van der Waals surface area (Å²) < 4.78 is 0. The molecule has 0 radical (unpaired) electrons. The van der Waals surface area contributed by atoms with Crippen molar-refractivity contribution in [3.8, 4) is 0 Å². The van der Waals surface area contributed by atoms with E-state index in [-0.39, 0.29) is 6.10 Å². The zero-order valence-corrected chi connectivity index (χ0v) is 8.64. The lowest BCUT2D eigenvalue weighted by Gasteiger charge is -2.18. The van der Waals surface area contributed by atoms with Crippen molar-refractivity contribution in [2.45, 2.75) is 58.6 Å². The van der Waals surface area contributed by atoms with Gasteiger partial charge in [-0.05, 0) is 19.8 Å². The molecule has 0 saturated carbocycles. The Kier molecular flexibility index (Phi) is 7.51. The molecule has 0 aromatic heterocycles. The molecule has 12 heavy (non-hydrogen) atoms. The van der Waals surface area contributed by atoms with Crippen LogP contribution in [0.25, 0.3) is 0 Å². The zero-order valence-electron chi connectivity index (χ0n) is 8.64. The topological polar surface area (TPSA) is 32.3 Å². The van der Waals surface area contributed by atoms with E-state index < -0.39 is 0 Å². The van der Waals surface area contributed by atoms with Crippen LogP contribution in [-0.2, 0) is 0 Å². The Morgan fingerprint density at radius 2 is 1.67 bits per heavy atom. The number of rotatable bonds is 7. The van der Waals surface area contributed by atoms with Gasteiger partial charge in [0.25, 0.3) is 0 Å². The quantitative estimate of drug-likeness (QED) is 0.616. The van der Waals surface area contributed by atoms with Crippen molar-refractivity contribution in [1.82, 2.24) is 5.32 Å². The molecular weight excluding hydrogens is 150 g/mol. The van der Waals surface area contributed by atoms with Gasteiger partial charge in [0.1, 0.15) is 0 Å². The van der Waals surface area contributed by atoms with Crippen LogP contribution in [0, 0.1) is 0 Å². The van der Waals surface area contributed by atoms with Gasteiger partial charge in [-0.2, -0.15) is 0 Å². The van der Waals surface area contributed by atoms with Gasteiger partial charge < -0.3 is 10.4 Å². The maximum absolute atomic E-state index is 9.08. The monoisotopic (exact) mass is 173 g/mol. The van der Waals surface area contributed by atoms with Crippen molar-refractivity contribution < 1.29 is 5.11 Å². The number of hydrogen-bond donors (Lipinski definition) is 2. The summed E-state index contributed by atoms with van der Waals surface area (Å²) in [4.78, 5) is 0. The van der Waals surface area contributed by atoms with Crippen LogP contribution in [-0.4, -0.2) is 23.8 Å². The van der Waals surface area contributed by atoms with Crippen molar-refractivity contribution in [2.24, 2.45) is 0 Å². The van der Waals surface area contributed by atoms with Crippen LogP contribution in [0.2, 0.25) is 0 Å². The van der Waals surface area contributed by atoms with Crippen LogP contribution >= 0.6 is 0 Å². The van der Waals surface area contributed by atoms with Crippen molar-refractivity contribution in [2.75, 3.05) is 6.54 Å². The minimum absolute atomic E-state index is 0.221. The Balaban J connectivity index is 3.48. The van der Waals surface area contributed by atoms with Crippen molar-refractivity contribution in [1.29, 1.82) is 0 Å². The summed E-state index contributed by atoms with van der Waals surface area (Å²) in [5.41, 5.74) is 0. The SMILES string of the molecule is CCCC(CCC)NC[C@@H](C)O. The molecule has 0 aromatic rings. The lowest BCUT2D eigenvalue weighted by Crippen LogP contribution is -2.34. The van der Waals surface area contributed by atoms with Crippen LogP contribution in [0.5, 0.6) is 0 Å². The van der Waals surface area contributed by atoms with E-state index in [1.54, 1.807) is 0 Å². The molecule has 0 heterocycles. The minimum Gasteiger partial charge on any atom is -0.392 e. The Labute approximate surface area is 76.4 Å². The largest absolute Gasteiger partial charge is 0.392 e. The first-order valence-corrected chi connectivity index (χ1v) is 5.12. The van der Waals surface area contributed by atoms with Crippen LogP contribution in [0.3, 0.4) is 0 Å². The Hall–Kier alpha value is -0.0800. The summed E-state index contributed by atoms with van der Waals surface area (Å²) >= 11 is 0. The molecule has 2 nitrogen and oxygen atoms in total. The molecule has 0 saturated heterocycles. The molecule has 0 aromatic carbocycles. The van der Waals surface area contributed by atoms with Gasteiger partial charge in [0, 0.05) is 12.6 Å². The van der Waals surface area contributed by atoms with E-state index in [9.17, 15) is 0 Å². The molecule has 0 fully saturated rings. The van der Waals surface area contributed by atoms with E-state index >= 15 is 0 Å². The normalized spacial score (nSPS) is 13.8. The molecule has 0 amide bonds. The molecule has 0 unspecified atom stereocenters. The van der Waals surface area contributed by atoms with E-state index in [4.69, 9.17) is 5.11 Å². The summed E-state index contributed by atoms with van der Waals surface area (Å²) in [6, 6.07) is 0.606. The highest BCUT2D eigenvalue weighted by atomic mass is 16.3. The van der Waals surface area contributed by atoms with E-state index in [0.29, 0.717) is 6.04 Å². The summed E-state index contributed by atoms with van der Waals surface area (Å²) in [6.45, 7) is 6.95. The van der Waals surface area contributed by atoms with Crippen molar-refractivity contribution in [3.63, 3.8) is 0 Å². The Morgan fingerprint density at radius 1 is 1.17 bits per heavy atom. The second-order valence-electron chi connectivity index (χ2n) is 3.53. The first kappa shape index (κ1) is 11.9. The van der Waals surface area contributed by atoms with Crippen LogP contribution in [0.4, 0.5) is 0 Å². The minimum atomic E-state index is -0.221. The number of aliphatic hydroxyl groups is 1. The van der Waals surface area contributed by atoms with E-state index in [1.807, 2.05) is 6.92 Å². The van der Waals surface area contributed by atoms with Crippen molar-refractivity contribution >= 4 is 0 Å².